The van der Waals surface area contributed by atoms with Crippen molar-refractivity contribution in [2.45, 2.75) is 91.9 Å². The molecule has 0 spiro atoms. The van der Waals surface area contributed by atoms with Gasteiger partial charge in [0.15, 0.2) is 0 Å². The third kappa shape index (κ3) is 6.41. The van der Waals surface area contributed by atoms with Crippen molar-refractivity contribution in [2.24, 2.45) is 0 Å². The SMILES string of the molecule is CCCCc1ccc(PCCC)c(CCCC)c1CCCC. The summed E-state index contributed by atoms with van der Waals surface area (Å²) in [5.41, 5.74) is 5.15. The standard InChI is InChI=1S/C21H37P/c1-5-9-12-18-15-16-21(22-17-8-4)20(14-11-7-3)19(18)13-10-6-2/h15-16,22H,5-14,17H2,1-4H3. The summed E-state index contributed by atoms with van der Waals surface area (Å²) in [6.07, 6.45) is 14.5. The van der Waals surface area contributed by atoms with Gasteiger partial charge < -0.3 is 0 Å². The van der Waals surface area contributed by atoms with E-state index in [0.717, 1.165) is 8.58 Å². The number of hydrogen-bond donors (Lipinski definition) is 0. The average Bonchev–Trinajstić information content (AvgIpc) is 2.55. The minimum Gasteiger partial charge on any atom is -0.0901 e. The first-order valence-electron chi connectivity index (χ1n) is 9.65. The van der Waals surface area contributed by atoms with E-state index in [1.54, 1.807) is 22.0 Å². The van der Waals surface area contributed by atoms with Gasteiger partial charge in [-0.2, -0.15) is 0 Å². The highest BCUT2D eigenvalue weighted by Gasteiger charge is 2.12. The molecule has 126 valence electrons. The molecule has 0 aliphatic heterocycles. The van der Waals surface area contributed by atoms with Gasteiger partial charge in [0.2, 0.25) is 0 Å². The lowest BCUT2D eigenvalue weighted by Crippen LogP contribution is -2.13. The molecular formula is C21H37P. The van der Waals surface area contributed by atoms with E-state index >= 15 is 0 Å². The smallest absolute Gasteiger partial charge is 0.0237 e. The van der Waals surface area contributed by atoms with Crippen LogP contribution in [0, 0.1) is 0 Å². The lowest BCUT2D eigenvalue weighted by molar-refractivity contribution is 0.737. The van der Waals surface area contributed by atoms with Crippen molar-refractivity contribution in [1.29, 1.82) is 0 Å². The molecule has 0 N–H and O–H groups in total. The topological polar surface area (TPSA) is 0 Å². The van der Waals surface area contributed by atoms with Gasteiger partial charge in [0.1, 0.15) is 0 Å². The molecule has 0 heterocycles. The van der Waals surface area contributed by atoms with Crippen LogP contribution >= 0.6 is 8.58 Å². The van der Waals surface area contributed by atoms with E-state index in [-0.39, 0.29) is 0 Å². The summed E-state index contributed by atoms with van der Waals surface area (Å²) in [5, 5.41) is 1.68. The highest BCUT2D eigenvalue weighted by Crippen LogP contribution is 2.25. The van der Waals surface area contributed by atoms with Gasteiger partial charge in [0.25, 0.3) is 0 Å². The van der Waals surface area contributed by atoms with Crippen molar-refractivity contribution in [1.82, 2.24) is 0 Å². The van der Waals surface area contributed by atoms with E-state index in [2.05, 4.69) is 39.8 Å². The Hall–Kier alpha value is -0.350. The second-order valence-corrected chi connectivity index (χ2v) is 7.86. The molecule has 0 saturated carbocycles. The lowest BCUT2D eigenvalue weighted by Gasteiger charge is -2.19. The summed E-state index contributed by atoms with van der Waals surface area (Å²) in [7, 11) is 1.01. The fourth-order valence-electron chi connectivity index (χ4n) is 3.07. The van der Waals surface area contributed by atoms with Crippen LogP contribution in [0.3, 0.4) is 0 Å². The van der Waals surface area contributed by atoms with E-state index in [0.29, 0.717) is 0 Å². The van der Waals surface area contributed by atoms with Gasteiger partial charge in [0, 0.05) is 0 Å². The zero-order valence-electron chi connectivity index (χ0n) is 15.4. The van der Waals surface area contributed by atoms with Gasteiger partial charge in [-0.15, -0.1) is 0 Å². The molecular weight excluding hydrogens is 283 g/mol. The van der Waals surface area contributed by atoms with Crippen molar-refractivity contribution in [3.05, 3.63) is 28.8 Å². The van der Waals surface area contributed by atoms with Crippen LogP contribution in [0.1, 0.15) is 89.3 Å². The fourth-order valence-corrected chi connectivity index (χ4v) is 4.28. The largest absolute Gasteiger partial charge is 0.0901 e. The van der Waals surface area contributed by atoms with Crippen LogP contribution in [-0.2, 0) is 19.3 Å². The summed E-state index contributed by atoms with van der Waals surface area (Å²) in [6, 6.07) is 4.94. The zero-order valence-corrected chi connectivity index (χ0v) is 16.4. The predicted molar refractivity (Wildman–Crippen MR) is 105 cm³/mol. The Balaban J connectivity index is 3.11. The molecule has 0 aromatic heterocycles. The van der Waals surface area contributed by atoms with E-state index in [9.17, 15) is 0 Å². The Kier molecular flexibility index (Phi) is 10.9. The van der Waals surface area contributed by atoms with Gasteiger partial charge in [-0.1, -0.05) is 74.1 Å². The Labute approximate surface area is 141 Å². The molecule has 1 aromatic rings. The van der Waals surface area contributed by atoms with Gasteiger partial charge in [-0.3, -0.25) is 0 Å². The van der Waals surface area contributed by atoms with Crippen molar-refractivity contribution < 1.29 is 0 Å². The van der Waals surface area contributed by atoms with E-state index in [4.69, 9.17) is 0 Å². The molecule has 1 rings (SSSR count). The molecule has 0 saturated heterocycles. The summed E-state index contributed by atoms with van der Waals surface area (Å²) in [6.45, 7) is 9.26. The van der Waals surface area contributed by atoms with E-state index < -0.39 is 0 Å². The van der Waals surface area contributed by atoms with Crippen LogP contribution in [0.5, 0.6) is 0 Å². The zero-order chi connectivity index (χ0) is 16.2. The second-order valence-electron chi connectivity index (χ2n) is 6.47. The van der Waals surface area contributed by atoms with Crippen LogP contribution in [0.25, 0.3) is 0 Å². The van der Waals surface area contributed by atoms with E-state index in [1.807, 2.05) is 0 Å². The van der Waals surface area contributed by atoms with Crippen LogP contribution in [0.15, 0.2) is 12.1 Å². The molecule has 0 nitrogen and oxygen atoms in total. The second kappa shape index (κ2) is 12.1. The summed E-state index contributed by atoms with van der Waals surface area (Å²) < 4.78 is 0. The van der Waals surface area contributed by atoms with Gasteiger partial charge >= 0.3 is 0 Å². The first kappa shape index (κ1) is 19.7. The Morgan fingerprint density at radius 3 is 1.86 bits per heavy atom. The molecule has 1 heteroatoms. The molecule has 0 fully saturated rings. The van der Waals surface area contributed by atoms with Crippen LogP contribution < -0.4 is 5.30 Å². The van der Waals surface area contributed by atoms with Crippen LogP contribution in [0.4, 0.5) is 0 Å². The maximum absolute atomic E-state index is 2.47. The van der Waals surface area contributed by atoms with Gasteiger partial charge in [-0.05, 0) is 66.7 Å². The Morgan fingerprint density at radius 2 is 1.27 bits per heavy atom. The predicted octanol–water partition coefficient (Wildman–Crippen LogP) is 6.43. The van der Waals surface area contributed by atoms with Crippen LogP contribution in [0.2, 0.25) is 0 Å². The average molecular weight is 321 g/mol. The number of aryl methyl sites for hydroxylation is 1. The summed E-state index contributed by atoms with van der Waals surface area (Å²) >= 11 is 0. The number of rotatable bonds is 12. The lowest BCUT2D eigenvalue weighted by atomic mass is 9.91. The minimum atomic E-state index is 1.01. The third-order valence-electron chi connectivity index (χ3n) is 4.45. The third-order valence-corrected chi connectivity index (χ3v) is 6.05. The van der Waals surface area contributed by atoms with Gasteiger partial charge in [-0.25, -0.2) is 0 Å². The van der Waals surface area contributed by atoms with Crippen LogP contribution in [-0.4, -0.2) is 6.16 Å². The molecule has 1 aromatic carbocycles. The maximum atomic E-state index is 2.47. The number of hydrogen-bond acceptors (Lipinski definition) is 0. The fraction of sp³-hybridized carbons (Fsp3) is 0.714. The Bertz CT molecular complexity index is 370. The number of unbranched alkanes of at least 4 members (excludes halogenated alkanes) is 3. The van der Waals surface area contributed by atoms with Crippen molar-refractivity contribution >= 4 is 13.9 Å². The van der Waals surface area contributed by atoms with Crippen molar-refractivity contribution in [3.63, 3.8) is 0 Å². The molecule has 0 amide bonds. The Morgan fingerprint density at radius 1 is 0.682 bits per heavy atom. The maximum Gasteiger partial charge on any atom is -0.0237 e. The highest BCUT2D eigenvalue weighted by atomic mass is 31.1. The molecule has 0 aliphatic carbocycles. The number of benzene rings is 1. The normalized spacial score (nSPS) is 11.6. The molecule has 0 radical (unpaired) electrons. The molecule has 1 unspecified atom stereocenters. The first-order valence-corrected chi connectivity index (χ1v) is 10.9. The highest BCUT2D eigenvalue weighted by molar-refractivity contribution is 7.47. The van der Waals surface area contributed by atoms with E-state index in [1.165, 1.54) is 70.4 Å². The molecule has 1 atom stereocenters. The molecule has 0 bridgehead atoms. The molecule has 22 heavy (non-hydrogen) atoms. The molecule has 0 aliphatic rings. The summed E-state index contributed by atoms with van der Waals surface area (Å²) in [5.74, 6) is 0. The first-order chi connectivity index (χ1) is 10.8. The summed E-state index contributed by atoms with van der Waals surface area (Å²) in [4.78, 5) is 0. The van der Waals surface area contributed by atoms with Crippen molar-refractivity contribution in [2.75, 3.05) is 6.16 Å². The monoisotopic (exact) mass is 320 g/mol. The quantitative estimate of drug-likeness (QED) is 0.389. The van der Waals surface area contributed by atoms with Crippen molar-refractivity contribution in [3.8, 4) is 0 Å². The van der Waals surface area contributed by atoms with Gasteiger partial charge in [0.05, 0.1) is 0 Å². The minimum absolute atomic E-state index is 1.01.